The fourth-order valence-electron chi connectivity index (χ4n) is 2.55. The van der Waals surface area contributed by atoms with Crippen molar-refractivity contribution in [2.45, 2.75) is 38.9 Å². The number of nitrogens with two attached hydrogens (primary N) is 1. The van der Waals surface area contributed by atoms with Crippen molar-refractivity contribution < 1.29 is 14.3 Å². The van der Waals surface area contributed by atoms with Gasteiger partial charge < -0.3 is 15.2 Å². The maximum absolute atomic E-state index is 11.5. The molecule has 2 rings (SSSR count). The van der Waals surface area contributed by atoms with Crippen LogP contribution < -0.4 is 5.73 Å². The van der Waals surface area contributed by atoms with Crippen LogP contribution >= 0.6 is 0 Å². The van der Waals surface area contributed by atoms with Crippen LogP contribution in [0.25, 0.3) is 0 Å². The van der Waals surface area contributed by atoms with Gasteiger partial charge in [-0.1, -0.05) is 57.2 Å². The van der Waals surface area contributed by atoms with Crippen LogP contribution in [0, 0.1) is 0 Å². The van der Waals surface area contributed by atoms with Crippen molar-refractivity contribution in [3.63, 3.8) is 0 Å². The molecule has 0 aliphatic rings. The van der Waals surface area contributed by atoms with Gasteiger partial charge in [-0.15, -0.1) is 0 Å². The van der Waals surface area contributed by atoms with E-state index in [2.05, 4.69) is 45.0 Å². The van der Waals surface area contributed by atoms with E-state index in [1.807, 2.05) is 12.1 Å². The monoisotopic (exact) mass is 341 g/mol. The fraction of sp³-hybridized carbons (Fsp3) is 0.381. The zero-order valence-corrected chi connectivity index (χ0v) is 15.4. The van der Waals surface area contributed by atoms with Gasteiger partial charge in [0.25, 0.3) is 0 Å². The molecule has 134 valence electrons. The van der Waals surface area contributed by atoms with E-state index in [9.17, 15) is 4.79 Å². The van der Waals surface area contributed by atoms with Crippen LogP contribution in [-0.2, 0) is 21.5 Å². The van der Waals surface area contributed by atoms with Crippen molar-refractivity contribution in [3.05, 3.63) is 70.8 Å². The normalized spacial score (nSPS) is 12.7. The first-order valence-electron chi connectivity index (χ1n) is 8.44. The molecule has 0 saturated carbocycles. The molecule has 0 aliphatic heterocycles. The van der Waals surface area contributed by atoms with E-state index in [0.29, 0.717) is 18.7 Å². The number of rotatable bonds is 6. The van der Waals surface area contributed by atoms with Gasteiger partial charge in [-0.05, 0) is 34.2 Å². The van der Waals surface area contributed by atoms with Crippen molar-refractivity contribution in [2.75, 3.05) is 13.7 Å². The van der Waals surface area contributed by atoms with Crippen molar-refractivity contribution in [1.82, 2.24) is 0 Å². The highest BCUT2D eigenvalue weighted by molar-refractivity contribution is 5.89. The average molecular weight is 341 g/mol. The molecule has 2 aromatic carbocycles. The summed E-state index contributed by atoms with van der Waals surface area (Å²) in [5, 5.41) is 0. The molecule has 0 bridgehead atoms. The molecular formula is C21H27NO3. The van der Waals surface area contributed by atoms with E-state index in [-0.39, 0.29) is 17.5 Å². The molecule has 0 fully saturated rings. The van der Waals surface area contributed by atoms with Crippen LogP contribution in [0.2, 0.25) is 0 Å². The molecule has 25 heavy (non-hydrogen) atoms. The lowest BCUT2D eigenvalue weighted by Crippen LogP contribution is -2.17. The SMILES string of the molecule is COC(=O)c1ccc(COC(CN)c2ccc(C(C)(C)C)cc2)cc1. The largest absolute Gasteiger partial charge is 0.465 e. The van der Waals surface area contributed by atoms with Crippen LogP contribution in [0.15, 0.2) is 48.5 Å². The molecule has 1 unspecified atom stereocenters. The van der Waals surface area contributed by atoms with Crippen LogP contribution in [0.3, 0.4) is 0 Å². The van der Waals surface area contributed by atoms with E-state index in [1.54, 1.807) is 12.1 Å². The minimum atomic E-state index is -0.341. The predicted octanol–water partition coefficient (Wildman–Crippen LogP) is 3.99. The number of esters is 1. The molecular weight excluding hydrogens is 314 g/mol. The molecule has 0 spiro atoms. The maximum Gasteiger partial charge on any atom is 0.337 e. The summed E-state index contributed by atoms with van der Waals surface area (Å²) in [6.45, 7) is 7.42. The van der Waals surface area contributed by atoms with Crippen LogP contribution in [-0.4, -0.2) is 19.6 Å². The van der Waals surface area contributed by atoms with Crippen molar-refractivity contribution in [1.29, 1.82) is 0 Å². The summed E-state index contributed by atoms with van der Waals surface area (Å²) < 4.78 is 10.7. The van der Waals surface area contributed by atoms with E-state index in [1.165, 1.54) is 12.7 Å². The molecule has 4 nitrogen and oxygen atoms in total. The topological polar surface area (TPSA) is 61.5 Å². The van der Waals surface area contributed by atoms with Crippen molar-refractivity contribution in [3.8, 4) is 0 Å². The second-order valence-corrected chi connectivity index (χ2v) is 7.10. The Kier molecular flexibility index (Phi) is 6.34. The highest BCUT2D eigenvalue weighted by atomic mass is 16.5. The standard InChI is InChI=1S/C21H27NO3/c1-21(2,3)18-11-9-16(10-12-18)19(13-22)25-14-15-5-7-17(8-6-15)20(23)24-4/h5-12,19H,13-14,22H2,1-4H3. The van der Waals surface area contributed by atoms with Crippen molar-refractivity contribution in [2.24, 2.45) is 5.73 Å². The number of carbonyl (C=O) groups excluding carboxylic acids is 1. The molecule has 2 aromatic rings. The maximum atomic E-state index is 11.5. The number of hydrogen-bond acceptors (Lipinski definition) is 4. The average Bonchev–Trinajstić information content (AvgIpc) is 2.62. The minimum Gasteiger partial charge on any atom is -0.465 e. The molecule has 0 aliphatic carbocycles. The van der Waals surface area contributed by atoms with Gasteiger partial charge in [-0.2, -0.15) is 0 Å². The van der Waals surface area contributed by atoms with E-state index >= 15 is 0 Å². The molecule has 4 heteroatoms. The molecule has 0 heterocycles. The Morgan fingerprint density at radius 3 is 2.12 bits per heavy atom. The third kappa shape index (κ3) is 5.15. The van der Waals surface area contributed by atoms with Gasteiger partial charge in [-0.3, -0.25) is 0 Å². The van der Waals surface area contributed by atoms with Gasteiger partial charge in [0.05, 0.1) is 25.4 Å². The Labute approximate surface area is 150 Å². The third-order valence-corrected chi connectivity index (χ3v) is 4.19. The Morgan fingerprint density at radius 1 is 1.04 bits per heavy atom. The first kappa shape index (κ1) is 19.2. The van der Waals surface area contributed by atoms with E-state index < -0.39 is 0 Å². The number of methoxy groups -OCH3 is 1. The quantitative estimate of drug-likeness (QED) is 0.807. The number of carbonyl (C=O) groups is 1. The highest BCUT2D eigenvalue weighted by Gasteiger charge is 2.15. The zero-order valence-electron chi connectivity index (χ0n) is 15.4. The Hall–Kier alpha value is -2.17. The zero-order chi connectivity index (χ0) is 18.4. The number of hydrogen-bond donors (Lipinski definition) is 1. The first-order chi connectivity index (χ1) is 11.8. The van der Waals surface area contributed by atoms with Crippen LogP contribution in [0.1, 0.15) is 53.9 Å². The summed E-state index contributed by atoms with van der Waals surface area (Å²) in [5.74, 6) is -0.341. The summed E-state index contributed by atoms with van der Waals surface area (Å²) in [6.07, 6.45) is -0.158. The van der Waals surface area contributed by atoms with Gasteiger partial charge in [0, 0.05) is 6.54 Å². The number of ether oxygens (including phenoxy) is 2. The summed E-state index contributed by atoms with van der Waals surface area (Å²) in [5.41, 5.74) is 9.88. The second kappa shape index (κ2) is 8.28. The minimum absolute atomic E-state index is 0.124. The molecule has 0 amide bonds. The van der Waals surface area contributed by atoms with Gasteiger partial charge in [-0.25, -0.2) is 4.79 Å². The third-order valence-electron chi connectivity index (χ3n) is 4.19. The molecule has 2 N–H and O–H groups in total. The first-order valence-corrected chi connectivity index (χ1v) is 8.44. The molecule has 1 atom stereocenters. The Balaban J connectivity index is 2.01. The van der Waals surface area contributed by atoms with Gasteiger partial charge >= 0.3 is 5.97 Å². The lowest BCUT2D eigenvalue weighted by Gasteiger charge is -2.21. The molecule has 0 aromatic heterocycles. The highest BCUT2D eigenvalue weighted by Crippen LogP contribution is 2.25. The van der Waals surface area contributed by atoms with Gasteiger partial charge in [0.1, 0.15) is 0 Å². The van der Waals surface area contributed by atoms with Gasteiger partial charge in [0.15, 0.2) is 0 Å². The molecule has 0 saturated heterocycles. The second-order valence-electron chi connectivity index (χ2n) is 7.10. The summed E-state index contributed by atoms with van der Waals surface area (Å²) in [7, 11) is 1.37. The summed E-state index contributed by atoms with van der Waals surface area (Å²) in [6, 6.07) is 15.6. The molecule has 0 radical (unpaired) electrons. The number of benzene rings is 2. The predicted molar refractivity (Wildman–Crippen MR) is 99.5 cm³/mol. The summed E-state index contributed by atoms with van der Waals surface area (Å²) >= 11 is 0. The lowest BCUT2D eigenvalue weighted by atomic mass is 9.86. The van der Waals surface area contributed by atoms with E-state index in [4.69, 9.17) is 15.2 Å². The Morgan fingerprint density at radius 2 is 1.64 bits per heavy atom. The van der Waals surface area contributed by atoms with Crippen molar-refractivity contribution >= 4 is 5.97 Å². The van der Waals surface area contributed by atoms with Gasteiger partial charge in [0.2, 0.25) is 0 Å². The lowest BCUT2D eigenvalue weighted by molar-refractivity contribution is 0.0455. The Bertz CT molecular complexity index is 685. The van der Waals surface area contributed by atoms with Crippen LogP contribution in [0.5, 0.6) is 0 Å². The summed E-state index contributed by atoms with van der Waals surface area (Å²) in [4.78, 5) is 11.5. The van der Waals surface area contributed by atoms with Crippen LogP contribution in [0.4, 0.5) is 0 Å². The fourth-order valence-corrected chi connectivity index (χ4v) is 2.55. The smallest absolute Gasteiger partial charge is 0.337 e. The van der Waals surface area contributed by atoms with E-state index in [0.717, 1.165) is 11.1 Å².